The first-order chi connectivity index (χ1) is 14.2. The van der Waals surface area contributed by atoms with Gasteiger partial charge in [-0.15, -0.1) is 10.2 Å². The molecule has 1 unspecified atom stereocenters. The van der Waals surface area contributed by atoms with Crippen LogP contribution in [-0.4, -0.2) is 51.1 Å². The van der Waals surface area contributed by atoms with Crippen molar-refractivity contribution in [3.63, 3.8) is 0 Å². The molecule has 0 aromatic carbocycles. The van der Waals surface area contributed by atoms with Crippen LogP contribution in [0.3, 0.4) is 0 Å². The number of hydrogen-bond acceptors (Lipinski definition) is 5. The summed E-state index contributed by atoms with van der Waals surface area (Å²) in [4.78, 5) is 36.8. The fraction of sp³-hybridized carbons (Fsp3) is 0.762. The number of amides is 3. The summed E-state index contributed by atoms with van der Waals surface area (Å²) in [5.41, 5.74) is 0. The van der Waals surface area contributed by atoms with Crippen LogP contribution in [0.4, 0.5) is 0 Å². The summed E-state index contributed by atoms with van der Waals surface area (Å²) in [6.07, 6.45) is 5.35. The van der Waals surface area contributed by atoms with Crippen LogP contribution in [0.5, 0.6) is 0 Å². The Morgan fingerprint density at radius 1 is 1.20 bits per heavy atom. The number of nitrogens with one attached hydrogen (secondary N) is 3. The van der Waals surface area contributed by atoms with Gasteiger partial charge in [-0.3, -0.25) is 14.4 Å². The fourth-order valence-electron chi connectivity index (χ4n) is 3.83. The maximum Gasteiger partial charge on any atom is 0.243 e. The zero-order valence-electron chi connectivity index (χ0n) is 18.8. The van der Waals surface area contributed by atoms with Gasteiger partial charge < -0.3 is 20.5 Å². The van der Waals surface area contributed by atoms with E-state index in [9.17, 15) is 14.4 Å². The van der Waals surface area contributed by atoms with Gasteiger partial charge in [-0.2, -0.15) is 0 Å². The highest BCUT2D eigenvalue weighted by atomic mass is 16.2. The van der Waals surface area contributed by atoms with Gasteiger partial charge in [0.15, 0.2) is 0 Å². The topological polar surface area (TPSA) is 118 Å². The Labute approximate surface area is 178 Å². The molecule has 0 fully saturated rings. The van der Waals surface area contributed by atoms with Gasteiger partial charge in [0.2, 0.25) is 17.7 Å². The van der Waals surface area contributed by atoms with E-state index in [0.717, 1.165) is 25.1 Å². The van der Waals surface area contributed by atoms with Gasteiger partial charge in [-0.1, -0.05) is 27.7 Å². The molecular weight excluding hydrogens is 384 g/mol. The number of hydrogen-bond donors (Lipinski definition) is 3. The van der Waals surface area contributed by atoms with Crippen LogP contribution in [-0.2, 0) is 20.8 Å². The van der Waals surface area contributed by atoms with Crippen molar-refractivity contribution in [2.45, 2.75) is 84.8 Å². The monoisotopic (exact) mass is 420 g/mol. The minimum absolute atomic E-state index is 0.0308. The molecule has 9 heteroatoms. The van der Waals surface area contributed by atoms with Crippen LogP contribution in [0.25, 0.3) is 0 Å². The SMILES string of the molecule is CC(=O)N[C@H](CC(C)C)C(=O)NCC[C@@H](NC(=O)C1CCCc2nncn21)C(C)C. The van der Waals surface area contributed by atoms with Gasteiger partial charge in [0.25, 0.3) is 0 Å². The van der Waals surface area contributed by atoms with Crippen LogP contribution >= 0.6 is 0 Å². The lowest BCUT2D eigenvalue weighted by Gasteiger charge is -2.28. The van der Waals surface area contributed by atoms with Gasteiger partial charge in [-0.05, 0) is 37.5 Å². The van der Waals surface area contributed by atoms with E-state index in [-0.39, 0.29) is 41.6 Å². The smallest absolute Gasteiger partial charge is 0.243 e. The normalized spacial score (nSPS) is 17.9. The highest BCUT2D eigenvalue weighted by Gasteiger charge is 2.29. The Balaban J connectivity index is 1.89. The molecule has 3 N–H and O–H groups in total. The summed E-state index contributed by atoms with van der Waals surface area (Å²) in [5, 5.41) is 16.8. The third kappa shape index (κ3) is 6.81. The van der Waals surface area contributed by atoms with E-state index in [0.29, 0.717) is 19.4 Å². The van der Waals surface area contributed by atoms with Gasteiger partial charge in [-0.25, -0.2) is 0 Å². The maximum atomic E-state index is 12.9. The first-order valence-corrected chi connectivity index (χ1v) is 10.9. The number of fused-ring (bicyclic) bond motifs is 1. The molecule has 168 valence electrons. The van der Waals surface area contributed by atoms with Crippen molar-refractivity contribution in [2.75, 3.05) is 6.54 Å². The minimum atomic E-state index is -0.538. The molecule has 2 rings (SSSR count). The second-order valence-electron chi connectivity index (χ2n) is 8.88. The minimum Gasteiger partial charge on any atom is -0.354 e. The lowest BCUT2D eigenvalue weighted by molar-refractivity contribution is -0.128. The van der Waals surface area contributed by atoms with E-state index in [2.05, 4.69) is 40.0 Å². The summed E-state index contributed by atoms with van der Waals surface area (Å²) < 4.78 is 1.86. The van der Waals surface area contributed by atoms with E-state index in [1.165, 1.54) is 6.92 Å². The number of nitrogens with zero attached hydrogens (tertiary/aromatic N) is 3. The third-order valence-electron chi connectivity index (χ3n) is 5.45. The molecule has 3 amide bonds. The van der Waals surface area contributed by atoms with E-state index in [4.69, 9.17) is 0 Å². The predicted octanol–water partition coefficient (Wildman–Crippen LogP) is 1.35. The maximum absolute atomic E-state index is 12.9. The molecule has 0 radical (unpaired) electrons. The average molecular weight is 421 g/mol. The zero-order valence-corrected chi connectivity index (χ0v) is 18.8. The molecule has 3 atom stereocenters. The highest BCUT2D eigenvalue weighted by molar-refractivity contribution is 5.86. The van der Waals surface area contributed by atoms with E-state index in [1.54, 1.807) is 6.33 Å². The highest BCUT2D eigenvalue weighted by Crippen LogP contribution is 2.23. The molecule has 0 saturated heterocycles. The molecule has 9 nitrogen and oxygen atoms in total. The number of aryl methyl sites for hydroxylation is 1. The largest absolute Gasteiger partial charge is 0.354 e. The number of carbonyl (C=O) groups excluding carboxylic acids is 3. The molecular formula is C21H36N6O3. The van der Waals surface area contributed by atoms with Crippen LogP contribution in [0, 0.1) is 11.8 Å². The van der Waals surface area contributed by atoms with Gasteiger partial charge in [0.1, 0.15) is 24.2 Å². The standard InChI is InChI=1S/C21H36N6O3/c1-13(2)11-17(24-15(5)28)20(29)22-10-9-16(14(3)4)25-21(30)18-7-6-8-19-26-23-12-27(18)19/h12-14,16-18H,6-11H2,1-5H3,(H,22,29)(H,24,28)(H,25,30)/t16-,17-,18?/m1/s1. The van der Waals surface area contributed by atoms with Crippen LogP contribution in [0.1, 0.15) is 72.2 Å². The Morgan fingerprint density at radius 2 is 1.93 bits per heavy atom. The average Bonchev–Trinajstić information content (AvgIpc) is 3.14. The van der Waals surface area contributed by atoms with Crippen molar-refractivity contribution in [3.8, 4) is 0 Å². The van der Waals surface area contributed by atoms with Crippen LogP contribution in [0.15, 0.2) is 6.33 Å². The molecule has 1 aromatic rings. The van der Waals surface area contributed by atoms with E-state index in [1.807, 2.05) is 18.4 Å². The first-order valence-electron chi connectivity index (χ1n) is 10.9. The molecule has 0 spiro atoms. The summed E-state index contributed by atoms with van der Waals surface area (Å²) in [6, 6.07) is -0.886. The van der Waals surface area contributed by atoms with Gasteiger partial charge in [0.05, 0.1) is 0 Å². The molecule has 1 aromatic heterocycles. The predicted molar refractivity (Wildman–Crippen MR) is 113 cm³/mol. The molecule has 0 saturated carbocycles. The van der Waals surface area contributed by atoms with Crippen molar-refractivity contribution in [1.82, 2.24) is 30.7 Å². The Hall–Kier alpha value is -2.45. The number of carbonyl (C=O) groups is 3. The van der Waals surface area contributed by atoms with Crippen LogP contribution < -0.4 is 16.0 Å². The number of rotatable bonds is 10. The number of aromatic nitrogens is 3. The Kier molecular flexibility index (Phi) is 8.80. The van der Waals surface area contributed by atoms with Crippen molar-refractivity contribution in [1.29, 1.82) is 0 Å². The van der Waals surface area contributed by atoms with E-state index < -0.39 is 6.04 Å². The summed E-state index contributed by atoms with van der Waals surface area (Å²) >= 11 is 0. The van der Waals surface area contributed by atoms with Crippen molar-refractivity contribution in [2.24, 2.45) is 11.8 Å². The molecule has 0 bridgehead atoms. The summed E-state index contributed by atoms with van der Waals surface area (Å²) in [5.74, 6) is 0.920. The fourth-order valence-corrected chi connectivity index (χ4v) is 3.83. The van der Waals surface area contributed by atoms with Gasteiger partial charge >= 0.3 is 0 Å². The molecule has 1 aliphatic rings. The zero-order chi connectivity index (χ0) is 22.3. The van der Waals surface area contributed by atoms with Gasteiger partial charge in [0, 0.05) is 25.9 Å². The van der Waals surface area contributed by atoms with Crippen molar-refractivity contribution in [3.05, 3.63) is 12.2 Å². The molecule has 0 aliphatic carbocycles. The van der Waals surface area contributed by atoms with Crippen molar-refractivity contribution >= 4 is 17.7 Å². The van der Waals surface area contributed by atoms with Crippen molar-refractivity contribution < 1.29 is 14.4 Å². The summed E-state index contributed by atoms with van der Waals surface area (Å²) in [6.45, 7) is 9.97. The summed E-state index contributed by atoms with van der Waals surface area (Å²) in [7, 11) is 0. The third-order valence-corrected chi connectivity index (χ3v) is 5.45. The Morgan fingerprint density at radius 3 is 2.57 bits per heavy atom. The molecule has 1 aliphatic heterocycles. The molecule has 2 heterocycles. The second-order valence-corrected chi connectivity index (χ2v) is 8.88. The van der Waals surface area contributed by atoms with E-state index >= 15 is 0 Å². The Bertz CT molecular complexity index is 730. The first kappa shape index (κ1) is 23.8. The van der Waals surface area contributed by atoms with Crippen LogP contribution in [0.2, 0.25) is 0 Å². The molecule has 30 heavy (non-hydrogen) atoms. The lowest BCUT2D eigenvalue weighted by Crippen LogP contribution is -2.48. The second kappa shape index (κ2) is 11.1. The lowest BCUT2D eigenvalue weighted by atomic mass is 9.98. The quantitative estimate of drug-likeness (QED) is 0.528.